The molecule has 0 saturated heterocycles. The summed E-state index contributed by atoms with van der Waals surface area (Å²) in [6, 6.07) is 2.77. The Morgan fingerprint density at radius 1 is 1.03 bits per heavy atom. The van der Waals surface area contributed by atoms with E-state index in [1.165, 1.54) is 20.8 Å². The van der Waals surface area contributed by atoms with Crippen molar-refractivity contribution in [3.05, 3.63) is 29.3 Å². The summed E-state index contributed by atoms with van der Waals surface area (Å²) in [4.78, 5) is 24.7. The van der Waals surface area contributed by atoms with Crippen LogP contribution in [-0.4, -0.2) is 37.9 Å². The predicted octanol–water partition coefficient (Wildman–Crippen LogP) is 3.65. The topological polar surface area (TPSA) is 98.8 Å². The van der Waals surface area contributed by atoms with Gasteiger partial charge in [-0.25, -0.2) is 4.79 Å². The first-order valence-electron chi connectivity index (χ1n) is 8.49. The van der Waals surface area contributed by atoms with Crippen LogP contribution in [0.5, 0.6) is 5.75 Å². The summed E-state index contributed by atoms with van der Waals surface area (Å²) in [5.74, 6) is -2.64. The first kappa shape index (κ1) is 24.7. The molecule has 0 spiro atoms. The van der Waals surface area contributed by atoms with Crippen molar-refractivity contribution in [2.45, 2.75) is 52.7 Å². The van der Waals surface area contributed by atoms with Gasteiger partial charge in [-0.15, -0.1) is 0 Å². The Bertz CT molecular complexity index is 880. The van der Waals surface area contributed by atoms with Crippen molar-refractivity contribution in [3.8, 4) is 5.75 Å². The Morgan fingerprint density at radius 2 is 1.59 bits per heavy atom. The minimum absolute atomic E-state index is 0.0770. The van der Waals surface area contributed by atoms with E-state index in [1.54, 1.807) is 0 Å². The van der Waals surface area contributed by atoms with Gasteiger partial charge in [0.05, 0.1) is 0 Å². The molecule has 29 heavy (non-hydrogen) atoms. The van der Waals surface area contributed by atoms with Crippen molar-refractivity contribution in [2.75, 3.05) is 6.54 Å². The van der Waals surface area contributed by atoms with Gasteiger partial charge in [0.25, 0.3) is 5.91 Å². The summed E-state index contributed by atoms with van der Waals surface area (Å²) in [5.41, 5.74) is -7.67. The minimum Gasteiger partial charge on any atom is -0.456 e. The van der Waals surface area contributed by atoms with Crippen molar-refractivity contribution in [2.24, 2.45) is 5.41 Å². The third kappa shape index (κ3) is 7.56. The second-order valence-electron chi connectivity index (χ2n) is 8.44. The number of benzene rings is 1. The van der Waals surface area contributed by atoms with Gasteiger partial charge in [-0.2, -0.15) is 21.6 Å². The molecule has 164 valence electrons. The normalized spacial score (nSPS) is 13.0. The summed E-state index contributed by atoms with van der Waals surface area (Å²) in [7, 11) is -6.02. The summed E-state index contributed by atoms with van der Waals surface area (Å²) in [6.45, 7) is 10.4. The second kappa shape index (κ2) is 8.21. The van der Waals surface area contributed by atoms with Gasteiger partial charge in [-0.05, 0) is 44.4 Å². The Labute approximate surface area is 167 Å². The van der Waals surface area contributed by atoms with E-state index in [0.29, 0.717) is 0 Å². The van der Waals surface area contributed by atoms with E-state index < -0.39 is 44.4 Å². The number of rotatable bonds is 5. The van der Waals surface area contributed by atoms with Crippen LogP contribution >= 0.6 is 0 Å². The fraction of sp³-hybridized carbons (Fsp3) is 0.556. The van der Waals surface area contributed by atoms with E-state index in [9.17, 15) is 31.2 Å². The molecule has 1 rings (SSSR count). The standard InChI is InChI=1S/C18H24F3NO6S/c1-16(2,3)10-22-14(23)11-7-8-13(28-29(25,26)18(19,20)21)12(9-11)15(24)27-17(4,5)6/h7-9H,10H2,1-6H3,(H,22,23). The predicted molar refractivity (Wildman–Crippen MR) is 99.0 cm³/mol. The van der Waals surface area contributed by atoms with Crippen LogP contribution < -0.4 is 9.50 Å². The van der Waals surface area contributed by atoms with Crippen molar-refractivity contribution < 1.29 is 40.1 Å². The molecule has 7 nitrogen and oxygen atoms in total. The highest BCUT2D eigenvalue weighted by molar-refractivity contribution is 7.88. The molecule has 1 aromatic rings. The molecular formula is C18H24F3NO6S. The maximum atomic E-state index is 12.6. The molecule has 0 bridgehead atoms. The van der Waals surface area contributed by atoms with Gasteiger partial charge < -0.3 is 14.2 Å². The van der Waals surface area contributed by atoms with Gasteiger partial charge in [0.1, 0.15) is 11.2 Å². The average Bonchev–Trinajstić information content (AvgIpc) is 2.49. The van der Waals surface area contributed by atoms with Gasteiger partial charge in [-0.3, -0.25) is 4.79 Å². The Balaban J connectivity index is 3.36. The maximum absolute atomic E-state index is 12.6. The molecule has 0 fully saturated rings. The highest BCUT2D eigenvalue weighted by atomic mass is 32.2. The molecule has 0 radical (unpaired) electrons. The number of ether oxygens (including phenoxy) is 1. The average molecular weight is 439 g/mol. The molecule has 0 saturated carbocycles. The molecule has 0 aliphatic heterocycles. The zero-order valence-corrected chi connectivity index (χ0v) is 17.7. The summed E-state index contributed by atoms with van der Waals surface area (Å²) in [6.07, 6.45) is 0. The fourth-order valence-corrected chi connectivity index (χ4v) is 2.33. The number of amides is 1. The molecule has 0 heterocycles. The largest absolute Gasteiger partial charge is 0.534 e. The van der Waals surface area contributed by atoms with Gasteiger partial charge in [-0.1, -0.05) is 20.8 Å². The molecule has 1 amide bonds. The highest BCUT2D eigenvalue weighted by Gasteiger charge is 2.49. The molecule has 0 unspecified atom stereocenters. The first-order valence-corrected chi connectivity index (χ1v) is 9.90. The van der Waals surface area contributed by atoms with E-state index in [2.05, 4.69) is 9.50 Å². The smallest absolute Gasteiger partial charge is 0.456 e. The Kier molecular flexibility index (Phi) is 7.00. The van der Waals surface area contributed by atoms with Crippen LogP contribution in [0.15, 0.2) is 18.2 Å². The van der Waals surface area contributed by atoms with Crippen LogP contribution in [-0.2, 0) is 14.9 Å². The van der Waals surface area contributed by atoms with Crippen LogP contribution in [0.3, 0.4) is 0 Å². The Morgan fingerprint density at radius 3 is 2.03 bits per heavy atom. The number of carbonyl (C=O) groups is 2. The quantitative estimate of drug-likeness (QED) is 0.427. The number of alkyl halides is 3. The van der Waals surface area contributed by atoms with Crippen molar-refractivity contribution in [3.63, 3.8) is 0 Å². The van der Waals surface area contributed by atoms with Crippen LogP contribution in [0, 0.1) is 5.41 Å². The van der Waals surface area contributed by atoms with E-state index in [4.69, 9.17) is 4.74 Å². The van der Waals surface area contributed by atoms with Crippen LogP contribution in [0.2, 0.25) is 0 Å². The van der Waals surface area contributed by atoms with Gasteiger partial charge in [0.2, 0.25) is 0 Å². The lowest BCUT2D eigenvalue weighted by Crippen LogP contribution is -2.32. The number of hydrogen-bond acceptors (Lipinski definition) is 6. The number of halogens is 3. The van der Waals surface area contributed by atoms with Crippen LogP contribution in [0.4, 0.5) is 13.2 Å². The van der Waals surface area contributed by atoms with E-state index in [-0.39, 0.29) is 17.5 Å². The molecule has 11 heteroatoms. The lowest BCUT2D eigenvalue weighted by Gasteiger charge is -2.21. The first-order chi connectivity index (χ1) is 12.8. The minimum atomic E-state index is -6.02. The van der Waals surface area contributed by atoms with E-state index in [1.807, 2.05) is 20.8 Å². The second-order valence-corrected chi connectivity index (χ2v) is 9.98. The summed E-state index contributed by atoms with van der Waals surface area (Å²) >= 11 is 0. The fourth-order valence-electron chi connectivity index (χ4n) is 1.85. The zero-order valence-electron chi connectivity index (χ0n) is 16.9. The third-order valence-electron chi connectivity index (χ3n) is 3.12. The molecular weight excluding hydrogens is 415 g/mol. The maximum Gasteiger partial charge on any atom is 0.534 e. The molecule has 0 aliphatic carbocycles. The van der Waals surface area contributed by atoms with Gasteiger partial charge >= 0.3 is 21.6 Å². The summed E-state index contributed by atoms with van der Waals surface area (Å²) < 4.78 is 69.8. The molecule has 1 aromatic carbocycles. The van der Waals surface area contributed by atoms with Crippen LogP contribution in [0.1, 0.15) is 62.3 Å². The monoisotopic (exact) mass is 439 g/mol. The number of nitrogens with one attached hydrogen (secondary N) is 1. The number of esters is 1. The molecule has 1 N–H and O–H groups in total. The van der Waals surface area contributed by atoms with Crippen molar-refractivity contribution >= 4 is 22.0 Å². The highest BCUT2D eigenvalue weighted by Crippen LogP contribution is 2.30. The SMILES string of the molecule is CC(C)(C)CNC(=O)c1ccc(OS(=O)(=O)C(F)(F)F)c(C(=O)OC(C)(C)C)c1. The molecule has 0 aromatic heterocycles. The van der Waals surface area contributed by atoms with Crippen LogP contribution in [0.25, 0.3) is 0 Å². The van der Waals surface area contributed by atoms with Crippen molar-refractivity contribution in [1.29, 1.82) is 0 Å². The van der Waals surface area contributed by atoms with Crippen molar-refractivity contribution in [1.82, 2.24) is 5.32 Å². The summed E-state index contributed by atoms with van der Waals surface area (Å²) in [5, 5.41) is 2.62. The lowest BCUT2D eigenvalue weighted by molar-refractivity contribution is -0.0501. The Hall–Kier alpha value is -2.30. The lowest BCUT2D eigenvalue weighted by atomic mass is 9.97. The van der Waals surface area contributed by atoms with Gasteiger partial charge in [0, 0.05) is 12.1 Å². The molecule has 0 atom stereocenters. The number of hydrogen-bond donors (Lipinski definition) is 1. The third-order valence-corrected chi connectivity index (χ3v) is 4.09. The van der Waals surface area contributed by atoms with E-state index in [0.717, 1.165) is 18.2 Å². The number of carbonyl (C=O) groups excluding carboxylic acids is 2. The zero-order chi connectivity index (χ0) is 22.8. The molecule has 0 aliphatic rings. The van der Waals surface area contributed by atoms with E-state index >= 15 is 0 Å². The van der Waals surface area contributed by atoms with Gasteiger partial charge in [0.15, 0.2) is 5.75 Å².